The number of anilines is 4. The molecule has 0 radical (unpaired) electrons. The first kappa shape index (κ1) is 23.4. The maximum absolute atomic E-state index is 13.6. The topological polar surface area (TPSA) is 112 Å². The molecule has 9 nitrogen and oxygen atoms in total. The molecular weight excluding hydrogens is 439 g/mol. The Bertz CT molecular complexity index is 1170. The molecule has 0 aliphatic rings. The summed E-state index contributed by atoms with van der Waals surface area (Å²) in [6, 6.07) is 7.11. The van der Waals surface area contributed by atoms with Crippen LogP contribution in [0.25, 0.3) is 0 Å². The second kappa shape index (κ2) is 9.51. The molecule has 172 valence electrons. The first-order valence-corrected chi connectivity index (χ1v) is 9.56. The summed E-state index contributed by atoms with van der Waals surface area (Å²) in [6.07, 6.45) is -1.32. The molecule has 0 unspecified atom stereocenters. The lowest BCUT2D eigenvalue weighted by atomic mass is 10.2. The van der Waals surface area contributed by atoms with Crippen LogP contribution in [0.2, 0.25) is 0 Å². The van der Waals surface area contributed by atoms with Crippen molar-refractivity contribution in [3.05, 3.63) is 65.7 Å². The van der Waals surface area contributed by atoms with Crippen molar-refractivity contribution < 1.29 is 22.8 Å². The quantitative estimate of drug-likeness (QED) is 0.518. The van der Waals surface area contributed by atoms with Crippen LogP contribution in [-0.2, 0) is 6.18 Å². The van der Waals surface area contributed by atoms with Crippen LogP contribution in [-0.4, -0.2) is 52.8 Å². The molecule has 12 heteroatoms. The molecule has 3 aromatic heterocycles. The lowest BCUT2D eigenvalue weighted by Crippen LogP contribution is -2.21. The molecule has 3 aromatic rings. The van der Waals surface area contributed by atoms with Gasteiger partial charge in [0.25, 0.3) is 11.8 Å². The molecule has 0 aliphatic heterocycles. The predicted molar refractivity (Wildman–Crippen MR) is 116 cm³/mol. The van der Waals surface area contributed by atoms with Gasteiger partial charge in [-0.05, 0) is 24.3 Å². The molecule has 0 bridgehead atoms. The fourth-order valence-electron chi connectivity index (χ4n) is 2.79. The van der Waals surface area contributed by atoms with Gasteiger partial charge in [0, 0.05) is 45.8 Å². The van der Waals surface area contributed by atoms with Crippen LogP contribution in [0.15, 0.2) is 48.9 Å². The summed E-state index contributed by atoms with van der Waals surface area (Å²) in [7, 11) is 4.60. The van der Waals surface area contributed by atoms with E-state index < -0.39 is 17.6 Å². The Morgan fingerprint density at radius 1 is 0.939 bits per heavy atom. The second-order valence-corrected chi connectivity index (χ2v) is 6.97. The molecule has 3 heterocycles. The first-order valence-electron chi connectivity index (χ1n) is 9.56. The van der Waals surface area contributed by atoms with Gasteiger partial charge in [-0.25, -0.2) is 15.0 Å². The third-order valence-electron chi connectivity index (χ3n) is 4.40. The van der Waals surface area contributed by atoms with Gasteiger partial charge in [0.05, 0.1) is 22.5 Å². The Balaban J connectivity index is 1.93. The number of carbonyl (C=O) groups excluding carboxylic acids is 2. The minimum atomic E-state index is -4.70. The zero-order valence-corrected chi connectivity index (χ0v) is 17.9. The zero-order valence-electron chi connectivity index (χ0n) is 17.9. The fourth-order valence-corrected chi connectivity index (χ4v) is 2.79. The number of halogens is 3. The number of hydrogen-bond donors (Lipinski definition) is 3. The van der Waals surface area contributed by atoms with Gasteiger partial charge in [-0.2, -0.15) is 13.2 Å². The molecular formula is C21H20F3N7O2. The zero-order chi connectivity index (χ0) is 24.2. The third kappa shape index (κ3) is 5.53. The standard InChI is InChI=1S/C21H20F3N7O2/c1-25-19(32)18-14(5-4-8-26-18)29-15-9-17(28-11-13(15)21(22,23)24)30-16-7-6-12(10-27-16)20(33)31(2)3/h4-11H,1-3H3,(H,25,32)(H2,27,28,29,30). The SMILES string of the molecule is CNC(=O)c1ncccc1Nc1cc(Nc2ccc(C(=O)N(C)C)cn2)ncc1C(F)(F)F. The van der Waals surface area contributed by atoms with E-state index in [0.717, 1.165) is 6.07 Å². The van der Waals surface area contributed by atoms with E-state index in [9.17, 15) is 22.8 Å². The summed E-state index contributed by atoms with van der Waals surface area (Å²) >= 11 is 0. The van der Waals surface area contributed by atoms with Gasteiger partial charge in [0.2, 0.25) is 0 Å². The molecule has 0 spiro atoms. The number of hydrogen-bond acceptors (Lipinski definition) is 7. The molecule has 0 saturated carbocycles. The van der Waals surface area contributed by atoms with E-state index in [0.29, 0.717) is 11.8 Å². The normalized spacial score (nSPS) is 11.0. The molecule has 0 fully saturated rings. The average Bonchev–Trinajstić information content (AvgIpc) is 2.78. The Labute approximate surface area is 187 Å². The van der Waals surface area contributed by atoms with Crippen molar-refractivity contribution in [1.82, 2.24) is 25.2 Å². The number of carbonyl (C=O) groups is 2. The highest BCUT2D eigenvalue weighted by molar-refractivity contribution is 5.98. The number of pyridine rings is 3. The maximum atomic E-state index is 13.6. The average molecular weight is 459 g/mol. The smallest absolute Gasteiger partial charge is 0.354 e. The van der Waals surface area contributed by atoms with Crippen molar-refractivity contribution in [2.24, 2.45) is 0 Å². The molecule has 0 aliphatic carbocycles. The van der Waals surface area contributed by atoms with Crippen LogP contribution in [0.1, 0.15) is 26.4 Å². The Morgan fingerprint density at radius 2 is 1.67 bits per heavy atom. The molecule has 3 rings (SSSR count). The van der Waals surface area contributed by atoms with Crippen LogP contribution in [0.3, 0.4) is 0 Å². The molecule has 0 aromatic carbocycles. The minimum absolute atomic E-state index is 0.0649. The monoisotopic (exact) mass is 459 g/mol. The van der Waals surface area contributed by atoms with E-state index in [1.54, 1.807) is 14.1 Å². The number of nitrogens with one attached hydrogen (secondary N) is 3. The number of aromatic nitrogens is 3. The Hall–Kier alpha value is -4.22. The van der Waals surface area contributed by atoms with Crippen LogP contribution >= 0.6 is 0 Å². The molecule has 2 amide bonds. The van der Waals surface area contributed by atoms with Crippen molar-refractivity contribution in [2.45, 2.75) is 6.18 Å². The first-order chi connectivity index (χ1) is 15.6. The predicted octanol–water partition coefficient (Wildman–Crippen LogP) is 3.44. The summed E-state index contributed by atoms with van der Waals surface area (Å²) in [6.45, 7) is 0. The molecule has 0 saturated heterocycles. The highest BCUT2D eigenvalue weighted by Crippen LogP contribution is 2.37. The number of amides is 2. The largest absolute Gasteiger partial charge is 0.419 e. The highest BCUT2D eigenvalue weighted by atomic mass is 19.4. The van der Waals surface area contributed by atoms with Crippen molar-refractivity contribution in [3.8, 4) is 0 Å². The summed E-state index contributed by atoms with van der Waals surface area (Å²) < 4.78 is 40.7. The van der Waals surface area contributed by atoms with Crippen molar-refractivity contribution >= 4 is 34.8 Å². The maximum Gasteiger partial charge on any atom is 0.419 e. The van der Waals surface area contributed by atoms with Crippen LogP contribution in [0.4, 0.5) is 36.2 Å². The minimum Gasteiger partial charge on any atom is -0.354 e. The Kier molecular flexibility index (Phi) is 6.75. The molecule has 33 heavy (non-hydrogen) atoms. The van der Waals surface area contributed by atoms with Crippen LogP contribution < -0.4 is 16.0 Å². The summed E-state index contributed by atoms with van der Waals surface area (Å²) in [4.78, 5) is 37.3. The summed E-state index contributed by atoms with van der Waals surface area (Å²) in [5.41, 5.74) is -0.991. The van der Waals surface area contributed by atoms with E-state index in [4.69, 9.17) is 0 Å². The van der Waals surface area contributed by atoms with E-state index >= 15 is 0 Å². The molecule has 0 atom stereocenters. The van der Waals surface area contributed by atoms with Crippen molar-refractivity contribution in [2.75, 3.05) is 31.8 Å². The van der Waals surface area contributed by atoms with E-state index in [1.807, 2.05) is 0 Å². The lowest BCUT2D eigenvalue weighted by Gasteiger charge is -2.17. The van der Waals surface area contributed by atoms with Crippen LogP contribution in [0, 0.1) is 0 Å². The lowest BCUT2D eigenvalue weighted by molar-refractivity contribution is -0.137. The third-order valence-corrected chi connectivity index (χ3v) is 4.40. The number of nitrogens with zero attached hydrogens (tertiary/aromatic N) is 4. The number of alkyl halides is 3. The van der Waals surface area contributed by atoms with Gasteiger partial charge >= 0.3 is 6.18 Å². The number of rotatable bonds is 6. The van der Waals surface area contributed by atoms with Gasteiger partial charge < -0.3 is 20.9 Å². The van der Waals surface area contributed by atoms with E-state index in [1.165, 1.54) is 48.6 Å². The van der Waals surface area contributed by atoms with Gasteiger partial charge in [0.15, 0.2) is 5.69 Å². The van der Waals surface area contributed by atoms with Gasteiger partial charge in [-0.1, -0.05) is 0 Å². The van der Waals surface area contributed by atoms with E-state index in [2.05, 4.69) is 30.9 Å². The summed E-state index contributed by atoms with van der Waals surface area (Å²) in [5, 5.41) is 7.83. The van der Waals surface area contributed by atoms with Gasteiger partial charge in [-0.15, -0.1) is 0 Å². The summed E-state index contributed by atoms with van der Waals surface area (Å²) in [5.74, 6) is -0.460. The van der Waals surface area contributed by atoms with E-state index in [-0.39, 0.29) is 34.6 Å². The highest BCUT2D eigenvalue weighted by Gasteiger charge is 2.34. The Morgan fingerprint density at radius 3 is 2.27 bits per heavy atom. The van der Waals surface area contributed by atoms with Crippen molar-refractivity contribution in [3.63, 3.8) is 0 Å². The fraction of sp³-hybridized carbons (Fsp3) is 0.190. The van der Waals surface area contributed by atoms with Crippen LogP contribution in [0.5, 0.6) is 0 Å². The second-order valence-electron chi connectivity index (χ2n) is 6.97. The van der Waals surface area contributed by atoms with Crippen molar-refractivity contribution in [1.29, 1.82) is 0 Å². The van der Waals surface area contributed by atoms with Gasteiger partial charge in [-0.3, -0.25) is 9.59 Å². The molecule has 3 N–H and O–H groups in total. The van der Waals surface area contributed by atoms with Gasteiger partial charge in [0.1, 0.15) is 11.6 Å².